The number of nitrogens with zero attached hydrogens (tertiary/aromatic N) is 1. The van der Waals surface area contributed by atoms with Gasteiger partial charge in [0.15, 0.2) is 0 Å². The van der Waals surface area contributed by atoms with E-state index in [-0.39, 0.29) is 35.5 Å². The van der Waals surface area contributed by atoms with Crippen LogP contribution in [-0.4, -0.2) is 22.8 Å². The molecule has 0 saturated carbocycles. The third-order valence-corrected chi connectivity index (χ3v) is 7.11. The lowest BCUT2D eigenvalue weighted by Crippen LogP contribution is -2.39. The van der Waals surface area contributed by atoms with E-state index in [2.05, 4.69) is 15.6 Å². The minimum absolute atomic E-state index is 0. The van der Waals surface area contributed by atoms with E-state index in [1.54, 1.807) is 26.1 Å². The standard InChI is InChI=1S/C29H29F3N4O3.ClH/c1-28(2,33)19-11-18(12-20(15-19)29(30,31)32)27(38)35-21-5-3-16-4-6-22(14-17(16)13-21)39-24-9-10-34-26-23(24)7-8-25(37)36-26;/h4,6,9-12,14-15,21H,3,5,7-8,13,33H2,1-2H3,(H,35,38)(H,34,36,37);1H/t21-;/m1./s1. The maximum Gasteiger partial charge on any atom is 0.416 e. The van der Waals surface area contributed by atoms with Crippen LogP contribution in [-0.2, 0) is 35.8 Å². The number of rotatable bonds is 5. The van der Waals surface area contributed by atoms with Crippen molar-refractivity contribution in [1.29, 1.82) is 0 Å². The Bertz CT molecular complexity index is 1420. The van der Waals surface area contributed by atoms with Crippen LogP contribution in [0.5, 0.6) is 11.5 Å². The Hall–Kier alpha value is -3.63. The summed E-state index contributed by atoms with van der Waals surface area (Å²) in [5, 5.41) is 5.67. The van der Waals surface area contributed by atoms with Gasteiger partial charge in [0, 0.05) is 35.3 Å². The number of aryl methyl sites for hydroxylation is 1. The van der Waals surface area contributed by atoms with Crippen molar-refractivity contribution in [2.75, 3.05) is 5.32 Å². The molecule has 2 amide bonds. The van der Waals surface area contributed by atoms with Crippen molar-refractivity contribution >= 4 is 30.0 Å². The SMILES string of the molecule is CC(C)(N)c1cc(C(=O)N[C@@H]2CCc3ccc(Oc4ccnc5c4CCC(=O)N5)cc3C2)cc(C(F)(F)F)c1.Cl. The average Bonchev–Trinajstić information content (AvgIpc) is 2.87. The Balaban J connectivity index is 0.00000370. The van der Waals surface area contributed by atoms with Gasteiger partial charge in [-0.2, -0.15) is 13.2 Å². The maximum atomic E-state index is 13.5. The molecule has 0 spiro atoms. The van der Waals surface area contributed by atoms with Crippen LogP contribution in [0.25, 0.3) is 0 Å². The van der Waals surface area contributed by atoms with Gasteiger partial charge in [0.2, 0.25) is 5.91 Å². The predicted octanol–water partition coefficient (Wildman–Crippen LogP) is 5.68. The van der Waals surface area contributed by atoms with Crippen LogP contribution in [0.2, 0.25) is 0 Å². The van der Waals surface area contributed by atoms with Crippen LogP contribution in [0.1, 0.15) is 64.9 Å². The second-order valence-electron chi connectivity index (χ2n) is 10.6. The number of carbonyl (C=O) groups is 2. The van der Waals surface area contributed by atoms with Crippen molar-refractivity contribution in [3.8, 4) is 11.5 Å². The van der Waals surface area contributed by atoms with Gasteiger partial charge in [0.05, 0.1) is 5.56 Å². The molecule has 0 fully saturated rings. The summed E-state index contributed by atoms with van der Waals surface area (Å²) in [6, 6.07) is 10.6. The molecule has 4 N–H and O–H groups in total. The summed E-state index contributed by atoms with van der Waals surface area (Å²) >= 11 is 0. The highest BCUT2D eigenvalue weighted by Gasteiger charge is 2.33. The van der Waals surface area contributed by atoms with Crippen LogP contribution < -0.4 is 21.1 Å². The highest BCUT2D eigenvalue weighted by molar-refractivity contribution is 5.95. The number of alkyl halides is 3. The number of amides is 2. The zero-order chi connectivity index (χ0) is 27.9. The van der Waals surface area contributed by atoms with Crippen molar-refractivity contribution in [3.05, 3.63) is 82.0 Å². The van der Waals surface area contributed by atoms with Gasteiger partial charge in [-0.25, -0.2) is 4.98 Å². The fourth-order valence-corrected chi connectivity index (χ4v) is 4.96. The lowest BCUT2D eigenvalue weighted by atomic mass is 9.87. The van der Waals surface area contributed by atoms with Gasteiger partial charge < -0.3 is 21.1 Å². The van der Waals surface area contributed by atoms with E-state index < -0.39 is 23.2 Å². The van der Waals surface area contributed by atoms with E-state index in [1.807, 2.05) is 18.2 Å². The van der Waals surface area contributed by atoms with Crippen molar-refractivity contribution < 1.29 is 27.5 Å². The number of hydrogen-bond donors (Lipinski definition) is 3. The first-order valence-corrected chi connectivity index (χ1v) is 12.8. The van der Waals surface area contributed by atoms with Gasteiger partial charge in [0.25, 0.3) is 5.91 Å². The number of hydrogen-bond acceptors (Lipinski definition) is 5. The molecule has 40 heavy (non-hydrogen) atoms. The number of benzene rings is 2. The van der Waals surface area contributed by atoms with Crippen LogP contribution in [0, 0.1) is 0 Å². The highest BCUT2D eigenvalue weighted by atomic mass is 35.5. The zero-order valence-electron chi connectivity index (χ0n) is 22.0. The van der Waals surface area contributed by atoms with Gasteiger partial charge >= 0.3 is 6.18 Å². The van der Waals surface area contributed by atoms with E-state index >= 15 is 0 Å². The molecule has 1 aliphatic carbocycles. The summed E-state index contributed by atoms with van der Waals surface area (Å²) in [6.45, 7) is 3.19. The fourth-order valence-electron chi connectivity index (χ4n) is 4.96. The Kier molecular flexibility index (Phi) is 8.14. The number of anilines is 1. The lowest BCUT2D eigenvalue weighted by molar-refractivity contribution is -0.137. The van der Waals surface area contributed by atoms with Crippen LogP contribution in [0.15, 0.2) is 48.7 Å². The molecule has 1 atom stereocenters. The molecule has 212 valence electrons. The third kappa shape index (κ3) is 6.39. The second kappa shape index (κ2) is 11.1. The largest absolute Gasteiger partial charge is 0.457 e. The minimum atomic E-state index is -4.60. The molecule has 1 aliphatic heterocycles. The maximum absolute atomic E-state index is 13.5. The molecule has 2 heterocycles. The predicted molar refractivity (Wildman–Crippen MR) is 147 cm³/mol. The first kappa shape index (κ1) is 29.4. The highest BCUT2D eigenvalue weighted by Crippen LogP contribution is 2.35. The van der Waals surface area contributed by atoms with E-state index in [4.69, 9.17) is 10.5 Å². The Morgan fingerprint density at radius 2 is 1.80 bits per heavy atom. The zero-order valence-corrected chi connectivity index (χ0v) is 22.8. The van der Waals surface area contributed by atoms with Gasteiger partial charge in [-0.15, -0.1) is 12.4 Å². The lowest BCUT2D eigenvalue weighted by Gasteiger charge is -2.27. The van der Waals surface area contributed by atoms with Crippen molar-refractivity contribution in [2.45, 2.75) is 63.7 Å². The molecule has 2 aliphatic rings. The van der Waals surface area contributed by atoms with E-state index in [0.29, 0.717) is 49.4 Å². The number of pyridine rings is 1. The van der Waals surface area contributed by atoms with Crippen LogP contribution in [0.4, 0.5) is 19.0 Å². The molecular formula is C29H30ClF3N4O3. The Labute approximate surface area is 236 Å². The van der Waals surface area contributed by atoms with E-state index in [9.17, 15) is 22.8 Å². The fraction of sp³-hybridized carbons (Fsp3) is 0.345. The average molecular weight is 575 g/mol. The summed E-state index contributed by atoms with van der Waals surface area (Å²) in [7, 11) is 0. The summed E-state index contributed by atoms with van der Waals surface area (Å²) in [4.78, 5) is 29.0. The second-order valence-corrected chi connectivity index (χ2v) is 10.6. The van der Waals surface area contributed by atoms with Gasteiger partial charge in [0.1, 0.15) is 17.3 Å². The molecule has 0 saturated heterocycles. The third-order valence-electron chi connectivity index (χ3n) is 7.11. The van der Waals surface area contributed by atoms with Crippen LogP contribution in [0.3, 0.4) is 0 Å². The minimum Gasteiger partial charge on any atom is -0.457 e. The molecule has 0 radical (unpaired) electrons. The molecule has 11 heteroatoms. The number of nitrogens with one attached hydrogen (secondary N) is 2. The summed E-state index contributed by atoms with van der Waals surface area (Å²) in [5.41, 5.74) is 7.22. The van der Waals surface area contributed by atoms with E-state index in [1.165, 1.54) is 6.07 Å². The molecule has 7 nitrogen and oxygen atoms in total. The van der Waals surface area contributed by atoms with Crippen LogP contribution >= 0.6 is 12.4 Å². The summed E-state index contributed by atoms with van der Waals surface area (Å²) in [5.74, 6) is 1.07. The molecule has 3 aromatic rings. The first-order chi connectivity index (χ1) is 18.4. The Morgan fingerprint density at radius 3 is 2.52 bits per heavy atom. The number of ether oxygens (including phenoxy) is 1. The van der Waals surface area contributed by atoms with Crippen molar-refractivity contribution in [2.24, 2.45) is 5.73 Å². The quantitative estimate of drug-likeness (QED) is 0.363. The molecule has 0 bridgehead atoms. The summed E-state index contributed by atoms with van der Waals surface area (Å²) < 4.78 is 46.7. The number of carbonyl (C=O) groups excluding carboxylic acids is 2. The van der Waals surface area contributed by atoms with E-state index in [0.717, 1.165) is 28.8 Å². The van der Waals surface area contributed by atoms with Gasteiger partial charge in [-0.1, -0.05) is 6.07 Å². The van der Waals surface area contributed by atoms with Gasteiger partial charge in [-0.05, 0) is 92.6 Å². The first-order valence-electron chi connectivity index (χ1n) is 12.8. The topological polar surface area (TPSA) is 106 Å². The van der Waals surface area contributed by atoms with Crippen molar-refractivity contribution in [3.63, 3.8) is 0 Å². The Morgan fingerprint density at radius 1 is 1.05 bits per heavy atom. The molecule has 0 unspecified atom stereocenters. The molecule has 2 aromatic carbocycles. The van der Waals surface area contributed by atoms with Crippen molar-refractivity contribution in [1.82, 2.24) is 10.3 Å². The molecular weight excluding hydrogens is 545 g/mol. The summed E-state index contributed by atoms with van der Waals surface area (Å²) in [6.07, 6.45) is -0.258. The molecule has 1 aromatic heterocycles. The smallest absolute Gasteiger partial charge is 0.416 e. The number of aromatic nitrogens is 1. The molecule has 5 rings (SSSR count). The monoisotopic (exact) mass is 574 g/mol. The number of fused-ring (bicyclic) bond motifs is 2. The number of halogens is 4. The van der Waals surface area contributed by atoms with Gasteiger partial charge in [-0.3, -0.25) is 9.59 Å². The normalized spacial score (nSPS) is 16.6. The number of nitrogens with two attached hydrogens (primary N) is 1.